The van der Waals surface area contributed by atoms with Crippen molar-refractivity contribution in [3.05, 3.63) is 29.8 Å². The number of hydrogen-bond donors (Lipinski definition) is 6. The van der Waals surface area contributed by atoms with E-state index in [4.69, 9.17) is 34.2 Å². The van der Waals surface area contributed by atoms with Gasteiger partial charge >= 0.3 is 5.97 Å². The summed E-state index contributed by atoms with van der Waals surface area (Å²) in [6.45, 7) is 14.1. The Morgan fingerprint density at radius 1 is 0.936 bits per heavy atom. The average Bonchev–Trinajstić information content (AvgIpc) is 2.99. The Bertz CT molecular complexity index is 1170. The van der Waals surface area contributed by atoms with Crippen LogP contribution in [-0.4, -0.2) is 58.9 Å². The minimum absolute atomic E-state index is 0.167. The lowest BCUT2D eigenvalue weighted by atomic mass is 9.79. The van der Waals surface area contributed by atoms with Gasteiger partial charge in [-0.25, -0.2) is 4.79 Å². The summed E-state index contributed by atoms with van der Waals surface area (Å²) in [6.07, 6.45) is 6.17. The van der Waals surface area contributed by atoms with E-state index in [0.717, 1.165) is 31.2 Å². The number of nitrogens with two attached hydrogens (primary N) is 3. The van der Waals surface area contributed by atoms with Crippen LogP contribution < -0.4 is 37.9 Å². The number of esters is 1. The van der Waals surface area contributed by atoms with Crippen molar-refractivity contribution in [3.8, 4) is 5.75 Å². The third-order valence-electron chi connectivity index (χ3n) is 8.32. The van der Waals surface area contributed by atoms with Crippen LogP contribution >= 0.6 is 12.2 Å². The van der Waals surface area contributed by atoms with Crippen molar-refractivity contribution in [1.29, 1.82) is 0 Å². The normalized spacial score (nSPS) is 14.3. The summed E-state index contributed by atoms with van der Waals surface area (Å²) in [4.78, 5) is 53.1. The van der Waals surface area contributed by atoms with E-state index >= 15 is 0 Å². The van der Waals surface area contributed by atoms with E-state index in [1.54, 1.807) is 24.3 Å². The summed E-state index contributed by atoms with van der Waals surface area (Å²) >= 11 is 5.23. The van der Waals surface area contributed by atoms with Crippen molar-refractivity contribution < 1.29 is 23.9 Å². The van der Waals surface area contributed by atoms with Gasteiger partial charge in [-0.15, -0.1) is 0 Å². The van der Waals surface area contributed by atoms with Gasteiger partial charge < -0.3 is 37.9 Å². The number of carbonyl (C=O) groups is 4. The largest absolute Gasteiger partial charge is 0.425 e. The molecule has 1 aromatic rings. The second-order valence-corrected chi connectivity index (χ2v) is 14.3. The van der Waals surface area contributed by atoms with E-state index in [0.29, 0.717) is 49.4 Å². The molecule has 0 spiro atoms. The number of ether oxygens (including phenoxy) is 1. The molecule has 0 aromatic heterocycles. The molecule has 0 radical (unpaired) electrons. The summed E-state index contributed by atoms with van der Waals surface area (Å²) in [6, 6.07) is 4.20. The van der Waals surface area contributed by atoms with Crippen LogP contribution in [0.5, 0.6) is 5.75 Å². The molecule has 0 saturated heterocycles. The zero-order valence-corrected chi connectivity index (χ0v) is 30.4. The summed E-state index contributed by atoms with van der Waals surface area (Å²) < 4.78 is 5.43. The fraction of sp³-hybridized carbons (Fsp3) is 0.686. The number of benzene rings is 1. The van der Waals surface area contributed by atoms with Crippen molar-refractivity contribution in [2.45, 2.75) is 136 Å². The first-order chi connectivity index (χ1) is 22.0. The highest BCUT2D eigenvalue weighted by Crippen LogP contribution is 2.28. The predicted octanol–water partition coefficient (Wildman–Crippen LogP) is 3.78. The fourth-order valence-corrected chi connectivity index (χ4v) is 5.43. The van der Waals surface area contributed by atoms with Crippen molar-refractivity contribution in [1.82, 2.24) is 16.0 Å². The summed E-state index contributed by atoms with van der Waals surface area (Å²) in [5, 5.41) is 8.90. The van der Waals surface area contributed by atoms with Gasteiger partial charge in [-0.1, -0.05) is 84.7 Å². The van der Waals surface area contributed by atoms with Gasteiger partial charge in [-0.05, 0) is 69.7 Å². The SMILES string of the molecule is CCCCCC(=O)NC(Cc1ccc(OC(=O)C(N)CCCCN)cc1)C(=O)NC(C(=O)NC(C)(C)CC(C)(C)C(N)=S)C(C)CC. The van der Waals surface area contributed by atoms with E-state index in [2.05, 4.69) is 22.9 Å². The number of hydrogen-bond acceptors (Lipinski definition) is 8. The lowest BCUT2D eigenvalue weighted by Gasteiger charge is -2.37. The molecule has 4 atom stereocenters. The Balaban J connectivity index is 3.14. The third kappa shape index (κ3) is 15.6. The Hall–Kier alpha value is -3.09. The van der Waals surface area contributed by atoms with Crippen LogP contribution in [0.3, 0.4) is 0 Å². The second-order valence-electron chi connectivity index (χ2n) is 13.9. The van der Waals surface area contributed by atoms with Crippen LogP contribution in [0.1, 0.15) is 112 Å². The first-order valence-corrected chi connectivity index (χ1v) is 17.3. The third-order valence-corrected chi connectivity index (χ3v) is 8.87. The molecule has 4 unspecified atom stereocenters. The maximum Gasteiger partial charge on any atom is 0.328 e. The summed E-state index contributed by atoms with van der Waals surface area (Å²) in [5.41, 5.74) is 17.0. The fourth-order valence-electron chi connectivity index (χ4n) is 5.36. The highest BCUT2D eigenvalue weighted by molar-refractivity contribution is 7.80. The minimum atomic E-state index is -0.936. The van der Waals surface area contributed by atoms with Crippen LogP contribution in [0, 0.1) is 11.3 Å². The predicted molar refractivity (Wildman–Crippen MR) is 192 cm³/mol. The molecule has 0 heterocycles. The monoisotopic (exact) mass is 676 g/mol. The van der Waals surface area contributed by atoms with Gasteiger partial charge in [0.25, 0.3) is 0 Å². The zero-order chi connectivity index (χ0) is 35.8. The molecule has 12 heteroatoms. The topological polar surface area (TPSA) is 192 Å². The zero-order valence-electron chi connectivity index (χ0n) is 29.6. The van der Waals surface area contributed by atoms with E-state index in [1.807, 2.05) is 41.5 Å². The average molecular weight is 677 g/mol. The second kappa shape index (κ2) is 20.3. The van der Waals surface area contributed by atoms with Gasteiger partial charge in [-0.2, -0.15) is 0 Å². The molecule has 0 fully saturated rings. The van der Waals surface area contributed by atoms with Gasteiger partial charge in [0.1, 0.15) is 23.9 Å². The standard InChI is InChI=1S/C35H60N6O5S/c1-8-10-11-15-28(42)39-27(21-24-16-18-25(19-17-24)46-32(45)26(37)14-12-13-20-36)30(43)40-29(23(3)9-2)31(44)41-35(6,7)22-34(4,5)33(38)47/h16-19,23,26-27,29H,8-15,20-22,36-37H2,1-7H3,(H2,38,47)(H,39,42)(H,40,43)(H,41,44). The van der Waals surface area contributed by atoms with Crippen LogP contribution in [0.4, 0.5) is 0 Å². The first-order valence-electron chi connectivity index (χ1n) is 16.9. The minimum Gasteiger partial charge on any atom is -0.425 e. The Kier molecular flexibility index (Phi) is 18.1. The highest BCUT2D eigenvalue weighted by Gasteiger charge is 2.36. The number of carbonyl (C=O) groups excluding carboxylic acids is 4. The van der Waals surface area contributed by atoms with E-state index in [9.17, 15) is 19.2 Å². The quantitative estimate of drug-likeness (QED) is 0.0459. The maximum atomic E-state index is 13.8. The number of rotatable bonds is 22. The Morgan fingerprint density at radius 3 is 2.13 bits per heavy atom. The Labute approximate surface area is 287 Å². The van der Waals surface area contributed by atoms with Gasteiger partial charge in [0.15, 0.2) is 0 Å². The highest BCUT2D eigenvalue weighted by atomic mass is 32.1. The molecule has 0 bridgehead atoms. The van der Waals surface area contributed by atoms with E-state index < -0.39 is 41.0 Å². The van der Waals surface area contributed by atoms with E-state index in [-0.39, 0.29) is 24.2 Å². The molecule has 1 rings (SSSR count). The molecule has 3 amide bonds. The molecule has 11 nitrogen and oxygen atoms in total. The van der Waals surface area contributed by atoms with Gasteiger partial charge in [0.2, 0.25) is 17.7 Å². The molecular formula is C35H60N6O5S. The molecule has 1 aromatic carbocycles. The number of thiocarbonyl (C=S) groups is 1. The Morgan fingerprint density at radius 2 is 1.57 bits per heavy atom. The van der Waals surface area contributed by atoms with Gasteiger partial charge in [0, 0.05) is 23.8 Å². The molecule has 0 aliphatic rings. The summed E-state index contributed by atoms with van der Waals surface area (Å²) in [5.74, 6) is -1.41. The van der Waals surface area contributed by atoms with Crippen LogP contribution in [0.15, 0.2) is 24.3 Å². The number of nitrogens with one attached hydrogen (secondary N) is 3. The lowest BCUT2D eigenvalue weighted by Crippen LogP contribution is -2.59. The lowest BCUT2D eigenvalue weighted by molar-refractivity contribution is -0.136. The van der Waals surface area contributed by atoms with Crippen molar-refractivity contribution in [2.75, 3.05) is 6.54 Å². The number of unbranched alkanes of at least 4 members (excludes halogenated alkanes) is 3. The summed E-state index contributed by atoms with van der Waals surface area (Å²) in [7, 11) is 0. The molecule has 9 N–H and O–H groups in total. The van der Waals surface area contributed by atoms with Crippen LogP contribution in [0.2, 0.25) is 0 Å². The van der Waals surface area contributed by atoms with E-state index in [1.165, 1.54) is 0 Å². The molecule has 0 saturated carbocycles. The molecular weight excluding hydrogens is 616 g/mol. The molecule has 47 heavy (non-hydrogen) atoms. The molecule has 0 aliphatic carbocycles. The maximum absolute atomic E-state index is 13.8. The van der Waals surface area contributed by atoms with Gasteiger partial charge in [-0.3, -0.25) is 14.4 Å². The van der Waals surface area contributed by atoms with Crippen LogP contribution in [0.25, 0.3) is 0 Å². The first kappa shape index (κ1) is 41.9. The van der Waals surface area contributed by atoms with Crippen molar-refractivity contribution in [3.63, 3.8) is 0 Å². The molecule has 266 valence electrons. The molecule has 0 aliphatic heterocycles. The number of amides is 3. The smallest absolute Gasteiger partial charge is 0.328 e. The van der Waals surface area contributed by atoms with Gasteiger partial charge in [0.05, 0.1) is 4.99 Å². The van der Waals surface area contributed by atoms with Crippen molar-refractivity contribution in [2.24, 2.45) is 28.5 Å². The van der Waals surface area contributed by atoms with Crippen molar-refractivity contribution >= 4 is 40.9 Å². The van der Waals surface area contributed by atoms with Crippen LogP contribution in [-0.2, 0) is 25.6 Å².